The number of nitrogens with one attached hydrogen (secondary N) is 2. The summed E-state index contributed by atoms with van der Waals surface area (Å²) in [5, 5.41) is 10.8. The quantitative estimate of drug-likeness (QED) is 0.352. The average molecular weight is 451 g/mol. The fourth-order valence-corrected chi connectivity index (χ4v) is 3.89. The molecule has 0 amide bonds. The van der Waals surface area contributed by atoms with Gasteiger partial charge in [-0.3, -0.25) is 9.78 Å². The lowest BCUT2D eigenvalue weighted by Gasteiger charge is -2.10. The Balaban J connectivity index is 1.73. The van der Waals surface area contributed by atoms with Crippen molar-refractivity contribution in [1.82, 2.24) is 24.9 Å². The standard InChI is InChI=1S/C23H18ClN5O3/c1-11(30)19-21-16(10-18(24)28-19)26-22(29-21)14-9-13-15(27-23(14)31)7-8-25-20(13)12-5-3-4-6-17(12)32-2/h3-11,30H,1-2H3,(H,26,29)(H,27,31)/i2D3. The fourth-order valence-electron chi connectivity index (χ4n) is 3.69. The summed E-state index contributed by atoms with van der Waals surface area (Å²) in [6, 6.07) is 11.5. The molecule has 8 nitrogen and oxygen atoms in total. The number of aliphatic hydroxyl groups excluding tert-OH is 1. The van der Waals surface area contributed by atoms with Crippen LogP contribution in [0.3, 0.4) is 0 Å². The van der Waals surface area contributed by atoms with Gasteiger partial charge in [0.05, 0.1) is 45.2 Å². The maximum absolute atomic E-state index is 13.0. The molecule has 0 aliphatic carbocycles. The second kappa shape index (κ2) is 7.74. The van der Waals surface area contributed by atoms with Gasteiger partial charge < -0.3 is 19.8 Å². The Labute approximate surface area is 191 Å². The number of para-hydroxylation sites is 1. The molecule has 0 aliphatic rings. The number of aromatic amines is 2. The molecule has 0 spiro atoms. The molecule has 0 saturated carbocycles. The smallest absolute Gasteiger partial charge is 0.259 e. The SMILES string of the molecule is [2H]C([2H])([2H])Oc1ccccc1-c1nccc2[nH]c(=O)c(-c3nc4c(C(C)O)nc(Cl)cc4[nH]3)cc12. The molecular weight excluding hydrogens is 430 g/mol. The van der Waals surface area contributed by atoms with Crippen LogP contribution in [-0.4, -0.2) is 37.1 Å². The Morgan fingerprint density at radius 2 is 1.97 bits per heavy atom. The Hall–Kier alpha value is -3.75. The maximum atomic E-state index is 13.0. The first-order valence-electron chi connectivity index (χ1n) is 11.2. The molecular formula is C23H18ClN5O3. The van der Waals surface area contributed by atoms with Crippen LogP contribution in [0.25, 0.3) is 44.6 Å². The molecule has 9 heteroatoms. The molecule has 5 aromatic rings. The third kappa shape index (κ3) is 3.30. The molecule has 0 aliphatic heterocycles. The van der Waals surface area contributed by atoms with Crippen LogP contribution < -0.4 is 10.3 Å². The van der Waals surface area contributed by atoms with Crippen LogP contribution in [0, 0.1) is 0 Å². The Morgan fingerprint density at radius 3 is 2.78 bits per heavy atom. The summed E-state index contributed by atoms with van der Waals surface area (Å²) in [7, 11) is -2.65. The Bertz CT molecular complexity index is 1650. The lowest BCUT2D eigenvalue weighted by Crippen LogP contribution is -2.10. The van der Waals surface area contributed by atoms with Crippen LogP contribution in [0.1, 0.15) is 22.8 Å². The molecule has 4 heterocycles. The first-order chi connectivity index (χ1) is 16.6. The number of pyridine rings is 3. The highest BCUT2D eigenvalue weighted by atomic mass is 35.5. The topological polar surface area (TPSA) is 117 Å². The number of methoxy groups -OCH3 is 1. The number of imidazole rings is 1. The van der Waals surface area contributed by atoms with Crippen molar-refractivity contribution in [2.45, 2.75) is 13.0 Å². The molecule has 4 aromatic heterocycles. The molecule has 1 unspecified atom stereocenters. The van der Waals surface area contributed by atoms with Crippen molar-refractivity contribution < 1.29 is 14.0 Å². The molecule has 0 bridgehead atoms. The highest BCUT2D eigenvalue weighted by Crippen LogP contribution is 2.34. The fraction of sp³-hybridized carbons (Fsp3) is 0.130. The van der Waals surface area contributed by atoms with E-state index in [1.54, 1.807) is 49.4 Å². The van der Waals surface area contributed by atoms with E-state index in [9.17, 15) is 9.90 Å². The molecule has 0 radical (unpaired) electrons. The summed E-state index contributed by atoms with van der Waals surface area (Å²) >= 11 is 6.08. The second-order valence-electron chi connectivity index (χ2n) is 7.22. The minimum absolute atomic E-state index is 0.131. The summed E-state index contributed by atoms with van der Waals surface area (Å²) in [5.41, 5.74) is 2.36. The van der Waals surface area contributed by atoms with Crippen LogP contribution in [0.5, 0.6) is 5.75 Å². The number of benzene rings is 1. The van der Waals surface area contributed by atoms with Gasteiger partial charge in [0.1, 0.15) is 22.2 Å². The Kier molecular flexibility index (Phi) is 4.08. The van der Waals surface area contributed by atoms with Crippen LogP contribution in [0.4, 0.5) is 0 Å². The number of hydrogen-bond donors (Lipinski definition) is 3. The summed E-state index contributed by atoms with van der Waals surface area (Å²) in [6.45, 7) is 1.55. The minimum Gasteiger partial charge on any atom is -0.496 e. The van der Waals surface area contributed by atoms with E-state index in [1.165, 1.54) is 6.20 Å². The van der Waals surface area contributed by atoms with E-state index in [0.717, 1.165) is 0 Å². The zero-order chi connectivity index (χ0) is 24.9. The van der Waals surface area contributed by atoms with E-state index in [2.05, 4.69) is 24.9 Å². The number of aliphatic hydroxyl groups is 1. The number of nitrogens with zero attached hydrogens (tertiary/aromatic N) is 3. The van der Waals surface area contributed by atoms with Crippen molar-refractivity contribution in [3.63, 3.8) is 0 Å². The minimum atomic E-state index is -2.65. The highest BCUT2D eigenvalue weighted by Gasteiger charge is 2.18. The molecule has 0 saturated heterocycles. The number of rotatable bonds is 4. The number of fused-ring (bicyclic) bond motifs is 2. The molecule has 0 fully saturated rings. The van der Waals surface area contributed by atoms with E-state index in [-0.39, 0.29) is 28.0 Å². The van der Waals surface area contributed by atoms with Crippen molar-refractivity contribution in [3.8, 4) is 28.4 Å². The largest absolute Gasteiger partial charge is 0.496 e. The summed E-state index contributed by atoms with van der Waals surface area (Å²) in [5.74, 6) is 0.377. The average Bonchev–Trinajstić information content (AvgIpc) is 3.20. The van der Waals surface area contributed by atoms with Gasteiger partial charge in [-0.15, -0.1) is 0 Å². The zero-order valence-corrected chi connectivity index (χ0v) is 17.4. The molecule has 5 rings (SSSR count). The molecule has 3 N–H and O–H groups in total. The predicted octanol–water partition coefficient (Wildman–Crippen LogP) is 4.24. The van der Waals surface area contributed by atoms with Crippen LogP contribution >= 0.6 is 11.6 Å². The molecule has 1 aromatic carbocycles. The van der Waals surface area contributed by atoms with Crippen molar-refractivity contribution in [2.24, 2.45) is 0 Å². The van der Waals surface area contributed by atoms with Gasteiger partial charge in [-0.2, -0.15) is 0 Å². The summed E-state index contributed by atoms with van der Waals surface area (Å²) < 4.78 is 27.6. The van der Waals surface area contributed by atoms with Crippen molar-refractivity contribution >= 4 is 33.5 Å². The third-order valence-electron chi connectivity index (χ3n) is 5.14. The van der Waals surface area contributed by atoms with Gasteiger partial charge in [0.15, 0.2) is 0 Å². The van der Waals surface area contributed by atoms with Crippen molar-refractivity contribution in [2.75, 3.05) is 7.04 Å². The van der Waals surface area contributed by atoms with Gasteiger partial charge in [-0.25, -0.2) is 9.97 Å². The van der Waals surface area contributed by atoms with Gasteiger partial charge in [0.25, 0.3) is 5.56 Å². The summed E-state index contributed by atoms with van der Waals surface area (Å²) in [6.07, 6.45) is 0.594. The van der Waals surface area contributed by atoms with E-state index in [4.69, 9.17) is 20.5 Å². The monoisotopic (exact) mass is 450 g/mol. The first kappa shape index (κ1) is 16.9. The number of H-pyrrole nitrogens is 2. The van der Waals surface area contributed by atoms with Gasteiger partial charge in [0.2, 0.25) is 0 Å². The van der Waals surface area contributed by atoms with E-state index in [1.807, 2.05) is 0 Å². The number of aromatic nitrogens is 5. The maximum Gasteiger partial charge on any atom is 0.259 e. The zero-order valence-electron chi connectivity index (χ0n) is 19.7. The van der Waals surface area contributed by atoms with Crippen LogP contribution in [0.15, 0.2) is 53.5 Å². The van der Waals surface area contributed by atoms with Crippen LogP contribution in [-0.2, 0) is 0 Å². The van der Waals surface area contributed by atoms with Gasteiger partial charge >= 0.3 is 0 Å². The van der Waals surface area contributed by atoms with E-state index >= 15 is 0 Å². The second-order valence-corrected chi connectivity index (χ2v) is 7.61. The van der Waals surface area contributed by atoms with Gasteiger partial charge in [-0.1, -0.05) is 23.7 Å². The Morgan fingerprint density at radius 1 is 1.12 bits per heavy atom. The number of ether oxygens (including phenoxy) is 1. The first-order valence-corrected chi connectivity index (χ1v) is 10.0. The lowest BCUT2D eigenvalue weighted by molar-refractivity contribution is 0.196. The number of halogens is 1. The molecule has 160 valence electrons. The summed E-state index contributed by atoms with van der Waals surface area (Å²) in [4.78, 5) is 32.0. The normalized spacial score (nSPS) is 14.2. The molecule has 32 heavy (non-hydrogen) atoms. The van der Waals surface area contributed by atoms with E-state index in [0.29, 0.717) is 33.2 Å². The lowest BCUT2D eigenvalue weighted by atomic mass is 10.0. The van der Waals surface area contributed by atoms with Gasteiger partial charge in [-0.05, 0) is 31.2 Å². The van der Waals surface area contributed by atoms with E-state index < -0.39 is 18.7 Å². The third-order valence-corrected chi connectivity index (χ3v) is 5.33. The predicted molar refractivity (Wildman–Crippen MR) is 123 cm³/mol. The molecule has 1 atom stereocenters. The highest BCUT2D eigenvalue weighted by molar-refractivity contribution is 6.30. The van der Waals surface area contributed by atoms with Crippen molar-refractivity contribution in [3.05, 3.63) is 69.9 Å². The number of hydrogen-bond acceptors (Lipinski definition) is 6. The van der Waals surface area contributed by atoms with Crippen molar-refractivity contribution in [1.29, 1.82) is 0 Å². The van der Waals surface area contributed by atoms with Crippen LogP contribution in [0.2, 0.25) is 5.15 Å². The van der Waals surface area contributed by atoms with Gasteiger partial charge in [0, 0.05) is 23.2 Å².